The number of aliphatic hydroxyl groups is 1. The zero-order valence-corrected chi connectivity index (χ0v) is 9.71. The van der Waals surface area contributed by atoms with Crippen molar-refractivity contribution in [2.45, 2.75) is 46.6 Å². The van der Waals surface area contributed by atoms with E-state index in [9.17, 15) is 4.79 Å². The summed E-state index contributed by atoms with van der Waals surface area (Å²) in [6, 6.07) is 0. The number of hydrogen-bond donors (Lipinski definition) is 2. The van der Waals surface area contributed by atoms with Crippen molar-refractivity contribution in [1.82, 2.24) is 5.32 Å². The molecule has 0 aliphatic rings. The van der Waals surface area contributed by atoms with Gasteiger partial charge in [-0.1, -0.05) is 20.8 Å². The first kappa shape index (κ1) is 13.4. The van der Waals surface area contributed by atoms with Crippen LogP contribution in [0.5, 0.6) is 0 Å². The summed E-state index contributed by atoms with van der Waals surface area (Å²) in [5.74, 6) is 1.10. The van der Waals surface area contributed by atoms with Gasteiger partial charge in [-0.05, 0) is 25.2 Å². The van der Waals surface area contributed by atoms with Crippen molar-refractivity contribution in [2.75, 3.05) is 6.54 Å². The highest BCUT2D eigenvalue weighted by Crippen LogP contribution is 2.13. The summed E-state index contributed by atoms with van der Waals surface area (Å²) >= 11 is 0. The second-order valence-corrected chi connectivity index (χ2v) is 4.59. The molecule has 0 heterocycles. The van der Waals surface area contributed by atoms with Gasteiger partial charge in [-0.2, -0.15) is 0 Å². The maximum absolute atomic E-state index is 11.3. The summed E-state index contributed by atoms with van der Waals surface area (Å²) in [6.45, 7) is 8.42. The third-order valence-electron chi connectivity index (χ3n) is 2.00. The molecule has 2 unspecified atom stereocenters. The third-order valence-corrected chi connectivity index (χ3v) is 2.00. The largest absolute Gasteiger partial charge is 0.392 e. The zero-order chi connectivity index (χ0) is 11.1. The van der Waals surface area contributed by atoms with E-state index in [1.54, 1.807) is 6.92 Å². The molecule has 0 aliphatic carbocycles. The lowest BCUT2D eigenvalue weighted by atomic mass is 9.96. The van der Waals surface area contributed by atoms with Crippen LogP contribution in [-0.4, -0.2) is 23.7 Å². The average molecular weight is 201 g/mol. The molecule has 3 nitrogen and oxygen atoms in total. The molecule has 0 saturated carbocycles. The van der Waals surface area contributed by atoms with Gasteiger partial charge in [-0.15, -0.1) is 0 Å². The predicted octanol–water partition coefficient (Wildman–Crippen LogP) is 1.56. The van der Waals surface area contributed by atoms with Gasteiger partial charge in [0.25, 0.3) is 0 Å². The van der Waals surface area contributed by atoms with Crippen molar-refractivity contribution < 1.29 is 9.90 Å². The van der Waals surface area contributed by atoms with Crippen LogP contribution in [0, 0.1) is 11.8 Å². The Morgan fingerprint density at radius 2 is 1.86 bits per heavy atom. The van der Waals surface area contributed by atoms with Gasteiger partial charge in [0.15, 0.2) is 0 Å². The maximum Gasteiger partial charge on any atom is 0.220 e. The van der Waals surface area contributed by atoms with E-state index in [4.69, 9.17) is 5.11 Å². The zero-order valence-electron chi connectivity index (χ0n) is 9.71. The number of rotatable bonds is 6. The fourth-order valence-corrected chi connectivity index (χ4v) is 1.54. The Morgan fingerprint density at radius 1 is 1.29 bits per heavy atom. The second kappa shape index (κ2) is 6.82. The molecule has 0 aromatic rings. The maximum atomic E-state index is 11.3. The quantitative estimate of drug-likeness (QED) is 0.685. The summed E-state index contributed by atoms with van der Waals surface area (Å²) in [5.41, 5.74) is 0. The molecular formula is C11H23NO2. The van der Waals surface area contributed by atoms with Crippen LogP contribution in [-0.2, 0) is 4.79 Å². The monoisotopic (exact) mass is 201 g/mol. The van der Waals surface area contributed by atoms with Crippen LogP contribution in [0.2, 0.25) is 0 Å². The molecule has 84 valence electrons. The van der Waals surface area contributed by atoms with E-state index in [-0.39, 0.29) is 5.91 Å². The Hall–Kier alpha value is -0.570. The average Bonchev–Trinajstić information content (AvgIpc) is 1.98. The van der Waals surface area contributed by atoms with E-state index in [0.29, 0.717) is 24.8 Å². The van der Waals surface area contributed by atoms with Crippen molar-refractivity contribution in [3.05, 3.63) is 0 Å². The van der Waals surface area contributed by atoms with Gasteiger partial charge in [0.2, 0.25) is 5.91 Å². The summed E-state index contributed by atoms with van der Waals surface area (Å²) < 4.78 is 0. The molecule has 3 heteroatoms. The van der Waals surface area contributed by atoms with Crippen LogP contribution in [0.4, 0.5) is 0 Å². The molecular weight excluding hydrogens is 178 g/mol. The molecule has 0 spiro atoms. The SMILES string of the molecule is CC(C)CC(C)CC(=O)NCC(C)O. The highest BCUT2D eigenvalue weighted by molar-refractivity contribution is 5.76. The van der Waals surface area contributed by atoms with Gasteiger partial charge >= 0.3 is 0 Å². The molecule has 0 bridgehead atoms. The fourth-order valence-electron chi connectivity index (χ4n) is 1.54. The van der Waals surface area contributed by atoms with E-state index in [0.717, 1.165) is 6.42 Å². The standard InChI is InChI=1S/C11H23NO2/c1-8(2)5-9(3)6-11(14)12-7-10(4)13/h8-10,13H,5-7H2,1-4H3,(H,12,14). The first-order valence-electron chi connectivity index (χ1n) is 5.36. The number of aliphatic hydroxyl groups excluding tert-OH is 1. The van der Waals surface area contributed by atoms with Crippen LogP contribution >= 0.6 is 0 Å². The van der Waals surface area contributed by atoms with Crippen molar-refractivity contribution >= 4 is 5.91 Å². The summed E-state index contributed by atoms with van der Waals surface area (Å²) in [4.78, 5) is 11.3. The molecule has 0 aromatic carbocycles. The van der Waals surface area contributed by atoms with E-state index in [1.807, 2.05) is 0 Å². The molecule has 0 aliphatic heterocycles. The Bertz CT molecular complexity index is 167. The lowest BCUT2D eigenvalue weighted by Crippen LogP contribution is -2.31. The van der Waals surface area contributed by atoms with Crippen molar-refractivity contribution in [1.29, 1.82) is 0 Å². The molecule has 0 rings (SSSR count). The Morgan fingerprint density at radius 3 is 2.29 bits per heavy atom. The third kappa shape index (κ3) is 8.05. The molecule has 14 heavy (non-hydrogen) atoms. The molecule has 0 radical (unpaired) electrons. The second-order valence-electron chi connectivity index (χ2n) is 4.59. The number of carbonyl (C=O) groups excluding carboxylic acids is 1. The van der Waals surface area contributed by atoms with E-state index < -0.39 is 6.10 Å². The molecule has 0 fully saturated rings. The van der Waals surface area contributed by atoms with Gasteiger partial charge in [-0.3, -0.25) is 4.79 Å². The normalized spacial score (nSPS) is 15.3. The minimum Gasteiger partial charge on any atom is -0.392 e. The Balaban J connectivity index is 3.60. The number of amides is 1. The molecule has 2 N–H and O–H groups in total. The topological polar surface area (TPSA) is 49.3 Å². The smallest absolute Gasteiger partial charge is 0.220 e. The van der Waals surface area contributed by atoms with Crippen molar-refractivity contribution in [3.8, 4) is 0 Å². The minimum atomic E-state index is -0.459. The number of carbonyl (C=O) groups is 1. The first-order chi connectivity index (χ1) is 6.41. The molecule has 0 saturated heterocycles. The van der Waals surface area contributed by atoms with Crippen molar-refractivity contribution in [2.24, 2.45) is 11.8 Å². The van der Waals surface area contributed by atoms with Gasteiger partial charge in [0.05, 0.1) is 6.10 Å². The van der Waals surface area contributed by atoms with Gasteiger partial charge in [0.1, 0.15) is 0 Å². The Labute approximate surface area is 86.9 Å². The van der Waals surface area contributed by atoms with Crippen LogP contribution in [0.3, 0.4) is 0 Å². The van der Waals surface area contributed by atoms with Gasteiger partial charge < -0.3 is 10.4 Å². The Kier molecular flexibility index (Phi) is 6.54. The van der Waals surface area contributed by atoms with Gasteiger partial charge in [-0.25, -0.2) is 0 Å². The predicted molar refractivity (Wildman–Crippen MR) is 57.9 cm³/mol. The van der Waals surface area contributed by atoms with E-state index in [2.05, 4.69) is 26.1 Å². The summed E-state index contributed by atoms with van der Waals surface area (Å²) in [6.07, 6.45) is 1.17. The van der Waals surface area contributed by atoms with Crippen LogP contribution in [0.25, 0.3) is 0 Å². The highest BCUT2D eigenvalue weighted by Gasteiger charge is 2.10. The van der Waals surface area contributed by atoms with Crippen LogP contribution in [0.1, 0.15) is 40.5 Å². The molecule has 2 atom stereocenters. The minimum absolute atomic E-state index is 0.0408. The van der Waals surface area contributed by atoms with E-state index in [1.165, 1.54) is 0 Å². The van der Waals surface area contributed by atoms with Crippen LogP contribution < -0.4 is 5.32 Å². The number of nitrogens with one attached hydrogen (secondary N) is 1. The summed E-state index contributed by atoms with van der Waals surface area (Å²) in [7, 11) is 0. The molecule has 0 aromatic heterocycles. The van der Waals surface area contributed by atoms with Crippen molar-refractivity contribution in [3.63, 3.8) is 0 Å². The molecule has 1 amide bonds. The fraction of sp³-hybridized carbons (Fsp3) is 0.909. The number of hydrogen-bond acceptors (Lipinski definition) is 2. The van der Waals surface area contributed by atoms with Gasteiger partial charge in [0, 0.05) is 13.0 Å². The highest BCUT2D eigenvalue weighted by atomic mass is 16.3. The first-order valence-corrected chi connectivity index (χ1v) is 5.36. The summed E-state index contributed by atoms with van der Waals surface area (Å²) in [5, 5.41) is 11.7. The lowest BCUT2D eigenvalue weighted by molar-refractivity contribution is -0.122. The van der Waals surface area contributed by atoms with Crippen LogP contribution in [0.15, 0.2) is 0 Å². The lowest BCUT2D eigenvalue weighted by Gasteiger charge is -2.14. The van der Waals surface area contributed by atoms with E-state index >= 15 is 0 Å².